The highest BCUT2D eigenvalue weighted by Gasteiger charge is 2.48. The van der Waals surface area contributed by atoms with Crippen molar-refractivity contribution in [2.45, 2.75) is 94.7 Å². The summed E-state index contributed by atoms with van der Waals surface area (Å²) >= 11 is 0. The van der Waals surface area contributed by atoms with Crippen LogP contribution in [0.4, 0.5) is 18.9 Å². The van der Waals surface area contributed by atoms with Crippen molar-refractivity contribution in [3.63, 3.8) is 0 Å². The van der Waals surface area contributed by atoms with Gasteiger partial charge in [0.25, 0.3) is 0 Å². The van der Waals surface area contributed by atoms with Crippen LogP contribution in [0.2, 0.25) is 0 Å². The highest BCUT2D eigenvalue weighted by molar-refractivity contribution is 7.84. The van der Waals surface area contributed by atoms with Crippen LogP contribution in [-0.2, 0) is 76.5 Å². The normalized spacial score (nSPS) is 24.4. The van der Waals surface area contributed by atoms with Gasteiger partial charge in [-0.1, -0.05) is 30.2 Å². The van der Waals surface area contributed by atoms with Crippen LogP contribution in [0.25, 0.3) is 16.9 Å². The number of aliphatic hydroxyl groups excluding tert-OH is 5. The quantitative estimate of drug-likeness (QED) is 0.0197. The number of carboxylic acids is 1. The van der Waals surface area contributed by atoms with E-state index in [1.54, 1.807) is 23.8 Å². The zero-order valence-electron chi connectivity index (χ0n) is 43.1. The van der Waals surface area contributed by atoms with E-state index in [2.05, 4.69) is 19.9 Å². The first-order chi connectivity index (χ1) is 37.9. The summed E-state index contributed by atoms with van der Waals surface area (Å²) in [6.45, 7) is 2.19. The minimum Gasteiger partial charge on any atom is -0.479 e. The first kappa shape index (κ1) is 61.3. The third-order valence-corrected chi connectivity index (χ3v) is 14.0. The fourth-order valence-electron chi connectivity index (χ4n) is 9.35. The van der Waals surface area contributed by atoms with Crippen LogP contribution in [-0.4, -0.2) is 185 Å². The number of ether oxygens (including phenoxy) is 5. The van der Waals surface area contributed by atoms with E-state index in [1.165, 1.54) is 45.8 Å². The van der Waals surface area contributed by atoms with E-state index in [9.17, 15) is 76.2 Å². The van der Waals surface area contributed by atoms with Crippen LogP contribution < -0.4 is 25.1 Å². The summed E-state index contributed by atoms with van der Waals surface area (Å²) in [6, 6.07) is 11.9. The Hall–Kier alpha value is -6.29. The summed E-state index contributed by atoms with van der Waals surface area (Å²) in [4.78, 5) is 63.0. The van der Waals surface area contributed by atoms with Crippen molar-refractivity contribution in [3.05, 3.63) is 77.6 Å². The number of benzene rings is 2. The van der Waals surface area contributed by atoms with Gasteiger partial charge in [-0.15, -0.1) is 4.52 Å². The third-order valence-electron chi connectivity index (χ3n) is 13.6. The number of anilines is 1. The molecular formula is C50H63F3N7O19S+. The molecule has 2 aromatic carbocycles. The van der Waals surface area contributed by atoms with Crippen LogP contribution in [0.5, 0.6) is 5.75 Å². The van der Waals surface area contributed by atoms with Crippen molar-refractivity contribution in [3.8, 4) is 17.0 Å². The lowest BCUT2D eigenvalue weighted by molar-refractivity contribution is -0.665. The Bertz CT molecular complexity index is 2970. The van der Waals surface area contributed by atoms with Gasteiger partial charge in [0.1, 0.15) is 42.0 Å². The number of aliphatic carboxylic acids is 1. The number of alkyl halides is 3. The number of aliphatic hydroxyl groups is 5. The molecule has 7 rings (SSSR count). The number of aromatic nitrogens is 3. The van der Waals surface area contributed by atoms with Crippen molar-refractivity contribution < 1.29 is 109 Å². The Balaban J connectivity index is 1.02. The average molecular weight is 1160 g/mol. The van der Waals surface area contributed by atoms with Crippen molar-refractivity contribution >= 4 is 51.2 Å². The summed E-state index contributed by atoms with van der Waals surface area (Å²) in [5, 5.41) is 77.8. The second kappa shape index (κ2) is 27.0. The zero-order chi connectivity index (χ0) is 58.1. The van der Waals surface area contributed by atoms with Crippen LogP contribution in [0, 0.1) is 17.8 Å². The number of rotatable bonds is 27. The summed E-state index contributed by atoms with van der Waals surface area (Å²) in [5.74, 6) is -5.26. The van der Waals surface area contributed by atoms with Gasteiger partial charge in [0.15, 0.2) is 6.10 Å². The molecule has 1 aliphatic carbocycles. The lowest BCUT2D eigenvalue weighted by Gasteiger charge is -2.38. The SMILES string of the molecule is CC1CC(=O)N(CCOCCOCCOCCC(=O)NCCC(=O)Nc2cc(C[n+]3ccc(C[C@@H]4C[C@H](COS(N)(=O)=O)[C@@H](O)[C@H]4O)n4nc(-c5cccc(C(F)(F)F)c5)cc43)ccc2O[C@@H]2O[C@H](C(=O)O)[C@@H](O)[C@H](O)[C@H]2O)C1=O. The summed E-state index contributed by atoms with van der Waals surface area (Å²) in [6.07, 6.45) is -15.8. The molecule has 2 saturated heterocycles. The largest absolute Gasteiger partial charge is 0.479 e. The van der Waals surface area contributed by atoms with Gasteiger partial charge < -0.3 is 65.0 Å². The molecular weight excluding hydrogens is 1090 g/mol. The van der Waals surface area contributed by atoms with Crippen LogP contribution in [0.1, 0.15) is 49.4 Å². The highest BCUT2D eigenvalue weighted by Crippen LogP contribution is 2.36. The number of carboxylic acid groups (broad SMARTS) is 1. The molecule has 438 valence electrons. The fourth-order valence-corrected chi connectivity index (χ4v) is 9.72. The molecule has 3 fully saturated rings. The molecule has 30 heteroatoms. The van der Waals surface area contributed by atoms with Crippen molar-refractivity contribution in [1.29, 1.82) is 0 Å². The lowest BCUT2D eigenvalue weighted by atomic mass is 9.98. The highest BCUT2D eigenvalue weighted by atomic mass is 32.2. The second-order valence-electron chi connectivity index (χ2n) is 19.4. The molecule has 26 nitrogen and oxygen atoms in total. The van der Waals surface area contributed by atoms with E-state index in [0.717, 1.165) is 12.1 Å². The van der Waals surface area contributed by atoms with Gasteiger partial charge in [0.05, 0.1) is 88.5 Å². The Morgan fingerprint density at radius 1 is 0.863 bits per heavy atom. The Morgan fingerprint density at radius 3 is 2.24 bits per heavy atom. The van der Waals surface area contributed by atoms with E-state index in [4.69, 9.17) is 28.8 Å². The van der Waals surface area contributed by atoms with E-state index in [0.29, 0.717) is 16.9 Å². The number of nitrogens with one attached hydrogen (secondary N) is 2. The van der Waals surface area contributed by atoms with Gasteiger partial charge in [0, 0.05) is 55.7 Å². The van der Waals surface area contributed by atoms with Crippen LogP contribution in [0.15, 0.2) is 60.8 Å². The number of imide groups is 1. The number of hydrogen-bond acceptors (Lipinski definition) is 19. The van der Waals surface area contributed by atoms with Crippen LogP contribution >= 0.6 is 0 Å². The molecule has 4 heterocycles. The molecule has 2 aliphatic heterocycles. The van der Waals surface area contributed by atoms with Gasteiger partial charge in [-0.3, -0.25) is 28.3 Å². The van der Waals surface area contributed by atoms with Crippen molar-refractivity contribution in [2.75, 3.05) is 64.7 Å². The minimum absolute atomic E-state index is 0.0274. The second-order valence-corrected chi connectivity index (χ2v) is 20.7. The minimum atomic E-state index is -4.68. The number of nitrogens with two attached hydrogens (primary N) is 1. The molecule has 1 unspecified atom stereocenters. The number of likely N-dealkylation sites (tertiary alicyclic amines) is 1. The molecule has 3 aliphatic rings. The van der Waals surface area contributed by atoms with Gasteiger partial charge in [-0.05, 0) is 42.2 Å². The molecule has 2 aromatic heterocycles. The molecule has 80 heavy (non-hydrogen) atoms. The average Bonchev–Trinajstić information content (AvgIpc) is 4.08. The maximum Gasteiger partial charge on any atom is 0.416 e. The fraction of sp³-hybridized carbons (Fsp3) is 0.540. The van der Waals surface area contributed by atoms with E-state index < -0.39 is 101 Å². The molecule has 4 aromatic rings. The summed E-state index contributed by atoms with van der Waals surface area (Å²) in [7, 11) is -4.36. The molecule has 1 saturated carbocycles. The first-order valence-electron chi connectivity index (χ1n) is 25.4. The monoisotopic (exact) mass is 1150 g/mol. The lowest BCUT2D eigenvalue weighted by Crippen LogP contribution is -2.61. The first-order valence-corrected chi connectivity index (χ1v) is 26.8. The van der Waals surface area contributed by atoms with E-state index >= 15 is 0 Å². The number of nitrogens with zero attached hydrogens (tertiary/aromatic N) is 4. The van der Waals surface area contributed by atoms with E-state index in [1.807, 2.05) is 0 Å². The van der Waals surface area contributed by atoms with Crippen molar-refractivity contribution in [2.24, 2.45) is 22.9 Å². The number of halogens is 3. The topological polar surface area (TPSA) is 371 Å². The smallest absolute Gasteiger partial charge is 0.416 e. The Morgan fingerprint density at radius 2 is 1.56 bits per heavy atom. The maximum atomic E-state index is 13.9. The number of carbonyl (C=O) groups excluding carboxylic acids is 4. The summed E-state index contributed by atoms with van der Waals surface area (Å²) < 4.78 is 99.8. The van der Waals surface area contributed by atoms with Gasteiger partial charge in [0.2, 0.25) is 29.9 Å². The predicted molar refractivity (Wildman–Crippen MR) is 267 cm³/mol. The molecule has 10 N–H and O–H groups in total. The van der Waals surface area contributed by atoms with Gasteiger partial charge >= 0.3 is 28.1 Å². The van der Waals surface area contributed by atoms with Crippen LogP contribution in [0.3, 0.4) is 0 Å². The zero-order valence-corrected chi connectivity index (χ0v) is 43.9. The molecule has 4 amide bonds. The van der Waals surface area contributed by atoms with Gasteiger partial charge in [-0.25, -0.2) is 14.5 Å². The van der Waals surface area contributed by atoms with Gasteiger partial charge in [-0.2, -0.15) is 21.6 Å². The number of amides is 4. The van der Waals surface area contributed by atoms with E-state index in [-0.39, 0.29) is 132 Å². The molecule has 0 bridgehead atoms. The number of hydrogen-bond donors (Lipinski definition) is 9. The Labute approximate surface area is 455 Å². The molecule has 0 radical (unpaired) electrons. The number of carbonyl (C=O) groups is 5. The molecule has 0 spiro atoms. The Kier molecular flexibility index (Phi) is 20.7. The maximum absolute atomic E-state index is 13.9. The molecule has 10 atom stereocenters. The predicted octanol–water partition coefficient (Wildman–Crippen LogP) is -0.973. The number of fused-ring (bicyclic) bond motifs is 1. The third kappa shape index (κ3) is 16.0. The standard InChI is InChI=1S/C50H62F3N7O19S/c1-27-19-40(63)59(47(27)69)12-14-75-16-18-76-17-15-74-13-9-37(61)55-10-7-38(62)56-35-20-28(5-6-36(35)78-49-45(68)43(66)44(67)46(79-49)48(70)71)25-58-11-8-33(23-30-21-31(42(65)41(30)64)26-77-80(54,72)73)60-39(58)24-34(57-60)29-3-2-4-32(22-29)50(51,52)53/h2-6,8,11,20,22,24,27,30-31,41-46,49,64-68H,7,9-10,12-19,21,23,25-26H2,1H3,(H4-,54,55,56,61,62,70,71,72,73)/p+1/t27?,30-,31+,41-,42+,43-,44-,45+,46-,49+/m0/s1. The summed E-state index contributed by atoms with van der Waals surface area (Å²) in [5.41, 5.74) is 0.373. The van der Waals surface area contributed by atoms with Crippen molar-refractivity contribution in [1.82, 2.24) is 19.8 Å².